The average molecular weight is 627 g/mol. The Balaban J connectivity index is 1.49. The first kappa shape index (κ1) is 28.9. The van der Waals surface area contributed by atoms with Crippen molar-refractivity contribution in [2.24, 2.45) is 4.99 Å². The molecule has 5 nitrogen and oxygen atoms in total. The number of ether oxygens (including phenoxy) is 2. The number of nitrogens with zero attached hydrogens (tertiary/aromatic N) is 2. The normalized spacial score (nSPS) is 17.7. The highest BCUT2D eigenvalue weighted by Gasteiger charge is 2.32. The van der Waals surface area contributed by atoms with Crippen LogP contribution >= 0.6 is 22.9 Å². The van der Waals surface area contributed by atoms with Gasteiger partial charge in [-0.05, 0) is 95.6 Å². The molecule has 0 saturated heterocycles. The molecule has 0 N–H and O–H groups in total. The van der Waals surface area contributed by atoms with Crippen LogP contribution in [0, 0.1) is 0 Å². The van der Waals surface area contributed by atoms with Crippen LogP contribution in [0.25, 0.3) is 12.2 Å². The Kier molecular flexibility index (Phi) is 8.23. The molecule has 11 heteroatoms. The van der Waals surface area contributed by atoms with Gasteiger partial charge in [0.1, 0.15) is 11.5 Å². The number of halogens is 5. The number of benzene rings is 3. The molecule has 1 aliphatic heterocycles. The van der Waals surface area contributed by atoms with Crippen LogP contribution in [0.4, 0.5) is 17.6 Å². The Bertz CT molecular complexity index is 1880. The summed E-state index contributed by atoms with van der Waals surface area (Å²) in [6, 6.07) is 19.3. The molecule has 2 aliphatic rings. The van der Waals surface area contributed by atoms with E-state index in [-0.39, 0.29) is 17.1 Å². The van der Waals surface area contributed by atoms with Crippen LogP contribution in [-0.4, -0.2) is 17.8 Å². The standard InChI is InChI=1S/C32H23ClF4N2O3S/c33-22-10-4-19(5-11-22)17-26-29(40)39-28(20-8-14-24(15-9-20)42-31(36)37)25-3-1-2-21(27(25)38-32(39)43-26)16-18-6-12-23(13-7-18)41-30(34)35/h4-17,28,30-31H,1-3H2/b21-16-,26-17+. The number of rotatable bonds is 7. The van der Waals surface area contributed by atoms with E-state index in [4.69, 9.17) is 16.6 Å². The molecule has 1 unspecified atom stereocenters. The van der Waals surface area contributed by atoms with Crippen molar-refractivity contribution in [1.82, 2.24) is 4.57 Å². The molecule has 3 aromatic carbocycles. The number of allylic oxidation sites excluding steroid dienone is 2. The molecular weight excluding hydrogens is 604 g/mol. The molecule has 43 heavy (non-hydrogen) atoms. The summed E-state index contributed by atoms with van der Waals surface area (Å²) in [5.41, 5.74) is 4.76. The van der Waals surface area contributed by atoms with Crippen LogP contribution in [0.2, 0.25) is 5.02 Å². The summed E-state index contributed by atoms with van der Waals surface area (Å²) in [5, 5.41) is 0.584. The highest BCUT2D eigenvalue weighted by molar-refractivity contribution is 7.07. The molecular formula is C32H23ClF4N2O3S. The van der Waals surface area contributed by atoms with Gasteiger partial charge in [0.2, 0.25) is 0 Å². The van der Waals surface area contributed by atoms with Gasteiger partial charge in [0, 0.05) is 5.02 Å². The van der Waals surface area contributed by atoms with Gasteiger partial charge in [-0.1, -0.05) is 59.3 Å². The van der Waals surface area contributed by atoms with Gasteiger partial charge in [0.05, 0.1) is 16.3 Å². The summed E-state index contributed by atoms with van der Waals surface area (Å²) in [6.07, 6.45) is 5.95. The van der Waals surface area contributed by atoms with Crippen molar-refractivity contribution in [3.63, 3.8) is 0 Å². The van der Waals surface area contributed by atoms with Gasteiger partial charge in [0.25, 0.3) is 5.56 Å². The molecule has 0 amide bonds. The Morgan fingerprint density at radius 2 is 1.42 bits per heavy atom. The predicted octanol–water partition coefficient (Wildman–Crippen LogP) is 7.34. The maximum absolute atomic E-state index is 13.9. The van der Waals surface area contributed by atoms with E-state index in [1.807, 2.05) is 18.2 Å². The lowest BCUT2D eigenvalue weighted by Gasteiger charge is -2.31. The number of thiazole rings is 1. The molecule has 1 atom stereocenters. The minimum Gasteiger partial charge on any atom is -0.435 e. The number of aromatic nitrogens is 1. The molecule has 4 aromatic rings. The minimum atomic E-state index is -2.95. The second-order valence-electron chi connectivity index (χ2n) is 9.93. The first-order chi connectivity index (χ1) is 20.7. The number of hydrogen-bond donors (Lipinski definition) is 0. The van der Waals surface area contributed by atoms with Crippen LogP contribution < -0.4 is 24.4 Å². The predicted molar refractivity (Wildman–Crippen MR) is 158 cm³/mol. The van der Waals surface area contributed by atoms with E-state index < -0.39 is 19.3 Å². The van der Waals surface area contributed by atoms with Crippen molar-refractivity contribution in [3.05, 3.63) is 131 Å². The third-order valence-corrected chi connectivity index (χ3v) is 8.40. The van der Waals surface area contributed by atoms with Gasteiger partial charge < -0.3 is 9.47 Å². The number of fused-ring (bicyclic) bond motifs is 1. The van der Waals surface area contributed by atoms with E-state index in [1.165, 1.54) is 35.6 Å². The van der Waals surface area contributed by atoms with Crippen LogP contribution in [0.5, 0.6) is 11.5 Å². The highest BCUT2D eigenvalue weighted by atomic mass is 35.5. The minimum absolute atomic E-state index is 0.0200. The third-order valence-electron chi connectivity index (χ3n) is 7.17. The van der Waals surface area contributed by atoms with Crippen molar-refractivity contribution in [2.45, 2.75) is 38.5 Å². The Morgan fingerprint density at radius 1 is 0.837 bits per heavy atom. The van der Waals surface area contributed by atoms with Gasteiger partial charge in [0.15, 0.2) is 4.80 Å². The summed E-state index contributed by atoms with van der Waals surface area (Å²) in [4.78, 5) is 19.4. The largest absolute Gasteiger partial charge is 0.435 e. The van der Waals surface area contributed by atoms with Crippen molar-refractivity contribution < 1.29 is 27.0 Å². The van der Waals surface area contributed by atoms with Gasteiger partial charge in [-0.15, -0.1) is 0 Å². The zero-order valence-corrected chi connectivity index (χ0v) is 23.9. The van der Waals surface area contributed by atoms with Crippen molar-refractivity contribution in [3.8, 4) is 11.5 Å². The Hall–Kier alpha value is -4.15. The molecule has 0 radical (unpaired) electrons. The van der Waals surface area contributed by atoms with E-state index >= 15 is 0 Å². The summed E-state index contributed by atoms with van der Waals surface area (Å²) < 4.78 is 62.0. The third kappa shape index (κ3) is 6.30. The fraction of sp³-hybridized carbons (Fsp3) is 0.188. The first-order valence-corrected chi connectivity index (χ1v) is 14.6. The fourth-order valence-corrected chi connectivity index (χ4v) is 6.47. The molecule has 1 aromatic heterocycles. The van der Waals surface area contributed by atoms with Gasteiger partial charge >= 0.3 is 13.2 Å². The SMILES string of the molecule is O=c1/c(=C\c2ccc(Cl)cc2)sc2n1C(c1ccc(OC(F)F)cc1)C1=C(N=2)/C(=C\c2ccc(OC(F)F)cc2)CCC1. The number of hydrogen-bond acceptors (Lipinski definition) is 5. The molecule has 0 saturated carbocycles. The molecule has 0 bridgehead atoms. The lowest BCUT2D eigenvalue weighted by molar-refractivity contribution is -0.0505. The van der Waals surface area contributed by atoms with E-state index in [0.717, 1.165) is 46.4 Å². The lowest BCUT2D eigenvalue weighted by atomic mass is 9.84. The summed E-state index contributed by atoms with van der Waals surface area (Å²) in [5.74, 6) is 0.0843. The summed E-state index contributed by atoms with van der Waals surface area (Å²) in [6.45, 7) is -5.86. The Labute approximate surface area is 252 Å². The fourth-order valence-electron chi connectivity index (χ4n) is 5.35. The summed E-state index contributed by atoms with van der Waals surface area (Å²) in [7, 11) is 0. The van der Waals surface area contributed by atoms with Crippen LogP contribution in [0.15, 0.2) is 99.4 Å². The quantitative estimate of drug-likeness (QED) is 0.202. The van der Waals surface area contributed by atoms with Crippen LogP contribution in [-0.2, 0) is 0 Å². The highest BCUT2D eigenvalue weighted by Crippen LogP contribution is 2.41. The van der Waals surface area contributed by atoms with E-state index in [1.54, 1.807) is 47.0 Å². The lowest BCUT2D eigenvalue weighted by Crippen LogP contribution is -2.39. The molecule has 1 aliphatic carbocycles. The smallest absolute Gasteiger partial charge is 0.387 e. The molecule has 220 valence electrons. The second kappa shape index (κ2) is 12.2. The first-order valence-electron chi connectivity index (χ1n) is 13.4. The van der Waals surface area contributed by atoms with Crippen LogP contribution in [0.3, 0.4) is 0 Å². The van der Waals surface area contributed by atoms with Crippen molar-refractivity contribution in [2.75, 3.05) is 0 Å². The summed E-state index contributed by atoms with van der Waals surface area (Å²) >= 11 is 7.30. The van der Waals surface area contributed by atoms with Gasteiger partial charge in [-0.2, -0.15) is 17.6 Å². The Morgan fingerprint density at radius 3 is 2.05 bits per heavy atom. The monoisotopic (exact) mass is 626 g/mol. The van der Waals surface area contributed by atoms with Crippen molar-refractivity contribution in [1.29, 1.82) is 0 Å². The maximum atomic E-state index is 13.9. The average Bonchev–Trinajstić information content (AvgIpc) is 3.28. The van der Waals surface area contributed by atoms with Crippen LogP contribution in [0.1, 0.15) is 42.0 Å². The van der Waals surface area contributed by atoms with Gasteiger partial charge in [-0.25, -0.2) is 4.99 Å². The molecule has 0 fully saturated rings. The topological polar surface area (TPSA) is 52.8 Å². The molecule has 0 spiro atoms. The maximum Gasteiger partial charge on any atom is 0.387 e. The van der Waals surface area contributed by atoms with Gasteiger partial charge in [-0.3, -0.25) is 9.36 Å². The van der Waals surface area contributed by atoms with E-state index in [2.05, 4.69) is 9.47 Å². The zero-order chi connectivity index (χ0) is 30.1. The molecule has 6 rings (SSSR count). The van der Waals surface area contributed by atoms with E-state index in [0.29, 0.717) is 20.8 Å². The van der Waals surface area contributed by atoms with Crippen molar-refractivity contribution >= 4 is 35.1 Å². The number of alkyl halides is 4. The molecule has 2 heterocycles. The van der Waals surface area contributed by atoms with E-state index in [9.17, 15) is 22.4 Å². The second-order valence-corrected chi connectivity index (χ2v) is 11.4. The zero-order valence-electron chi connectivity index (χ0n) is 22.4.